The van der Waals surface area contributed by atoms with E-state index in [1.807, 2.05) is 36.4 Å². The molecule has 268 valence electrons. The minimum absolute atomic E-state index is 0.866. The molecule has 6 rings (SSSR count). The molecular weight excluding hydrogens is 788 g/mol. The summed E-state index contributed by atoms with van der Waals surface area (Å²) in [6.45, 7) is 1.94. The second-order valence-electron chi connectivity index (χ2n) is 12.7. The maximum atomic E-state index is 3.41. The third-order valence-corrected chi connectivity index (χ3v) is 9.67. The molecule has 0 atom stereocenters. The van der Waals surface area contributed by atoms with Crippen molar-refractivity contribution in [3.63, 3.8) is 0 Å². The highest BCUT2D eigenvalue weighted by Gasteiger charge is 2.03. The summed E-state index contributed by atoms with van der Waals surface area (Å²) in [7, 11) is 0. The van der Waals surface area contributed by atoms with E-state index in [1.165, 1.54) is 21.5 Å². The van der Waals surface area contributed by atoms with Gasteiger partial charge in [0.25, 0.3) is 0 Å². The summed E-state index contributed by atoms with van der Waals surface area (Å²) in [6, 6.07) is 37.6. The van der Waals surface area contributed by atoms with Crippen molar-refractivity contribution in [3.8, 4) is 47.4 Å². The molecule has 0 saturated carbocycles. The smallest absolute Gasteiger partial charge is 0.176 e. The fraction of sp³-hybridized carbons (Fsp3) is 0.240. The van der Waals surface area contributed by atoms with Crippen molar-refractivity contribution in [1.29, 1.82) is 0 Å². The topological polar surface area (TPSA) is 7.76 Å². The summed E-state index contributed by atoms with van der Waals surface area (Å²) in [5.74, 6) is 26.2. The lowest BCUT2D eigenvalue weighted by atomic mass is 10.1. The van der Waals surface area contributed by atoms with Gasteiger partial charge in [-0.1, -0.05) is 140 Å². The molecule has 0 aliphatic heterocycles. The van der Waals surface area contributed by atoms with Crippen LogP contribution >= 0.6 is 31.9 Å². The first-order valence-electron chi connectivity index (χ1n) is 18.7. The van der Waals surface area contributed by atoms with Crippen LogP contribution in [0.3, 0.4) is 0 Å². The van der Waals surface area contributed by atoms with Crippen LogP contribution < -0.4 is 9.13 Å². The summed E-state index contributed by atoms with van der Waals surface area (Å²) in [5, 5.41) is 7.12. The maximum absolute atomic E-state index is 3.41. The fourth-order valence-corrected chi connectivity index (χ4v) is 6.24. The maximum Gasteiger partial charge on any atom is 0.176 e. The lowest BCUT2D eigenvalue weighted by molar-refractivity contribution is -0.696. The number of hydrogen-bond acceptors (Lipinski definition) is 0. The molecule has 0 aliphatic rings. The lowest BCUT2D eigenvalue weighted by Crippen LogP contribution is -2.32. The number of pyridine rings is 2. The third-order valence-electron chi connectivity index (χ3n) is 8.55. The van der Waals surface area contributed by atoms with Crippen molar-refractivity contribution in [2.45, 2.75) is 64.5 Å². The van der Waals surface area contributed by atoms with E-state index in [0.29, 0.717) is 0 Å². The standard InChI is InChI=1S/C34H30N2.C16H16Br2/c1(11-23-35-25-21-31-17-7-9-19-33(31)27-35)3-13-29-15-5-6-16-30(29)14-4-2-12-24-36-26-22-32-18-8-10-20-34(32)28-36;17-13-7-1-3-9-15-11-5-6-12-16(15)10-4-2-8-14-18/h5-10,15-22,25-28H,1-2,11-12,23-24H2;5-6,11-12H,1-2,7-8,13-14H2/q+2;. The first-order valence-corrected chi connectivity index (χ1v) is 21.0. The van der Waals surface area contributed by atoms with Crippen LogP contribution in [0.5, 0.6) is 0 Å². The van der Waals surface area contributed by atoms with E-state index in [1.54, 1.807) is 0 Å². The first-order chi connectivity index (χ1) is 26.7. The van der Waals surface area contributed by atoms with Crippen molar-refractivity contribution in [2.24, 2.45) is 0 Å². The van der Waals surface area contributed by atoms with Crippen molar-refractivity contribution in [3.05, 3.63) is 156 Å². The van der Waals surface area contributed by atoms with Gasteiger partial charge >= 0.3 is 0 Å². The number of hydrogen-bond donors (Lipinski definition) is 0. The zero-order chi connectivity index (χ0) is 37.5. The van der Waals surface area contributed by atoms with Gasteiger partial charge in [0.05, 0.1) is 0 Å². The van der Waals surface area contributed by atoms with Gasteiger partial charge < -0.3 is 0 Å². The summed E-state index contributed by atoms with van der Waals surface area (Å²) < 4.78 is 4.50. The van der Waals surface area contributed by atoms with E-state index in [-0.39, 0.29) is 0 Å². The monoisotopic (exact) mass is 832 g/mol. The number of halogens is 2. The van der Waals surface area contributed by atoms with E-state index >= 15 is 0 Å². The summed E-state index contributed by atoms with van der Waals surface area (Å²) >= 11 is 6.81. The van der Waals surface area contributed by atoms with Gasteiger partial charge in [-0.2, -0.15) is 0 Å². The Labute approximate surface area is 339 Å². The quantitative estimate of drug-likeness (QED) is 0.0562. The molecule has 0 bridgehead atoms. The molecule has 4 heteroatoms. The number of rotatable bonds is 10. The molecule has 0 fully saturated rings. The molecule has 2 nitrogen and oxygen atoms in total. The molecule has 0 unspecified atom stereocenters. The highest BCUT2D eigenvalue weighted by molar-refractivity contribution is 9.09. The Bertz CT molecular complexity index is 2200. The predicted octanol–water partition coefficient (Wildman–Crippen LogP) is 11.0. The molecule has 0 aliphatic carbocycles. The largest absolute Gasteiger partial charge is 0.204 e. The average molecular weight is 835 g/mol. The number of nitrogens with zero attached hydrogens (tertiary/aromatic N) is 2. The zero-order valence-electron chi connectivity index (χ0n) is 30.8. The van der Waals surface area contributed by atoms with Crippen LogP contribution in [0.25, 0.3) is 21.5 Å². The highest BCUT2D eigenvalue weighted by atomic mass is 79.9. The number of alkyl halides is 2. The Morgan fingerprint density at radius 1 is 0.370 bits per heavy atom. The fourth-order valence-electron chi connectivity index (χ4n) is 5.68. The van der Waals surface area contributed by atoms with Crippen molar-refractivity contribution >= 4 is 53.4 Å². The number of fused-ring (bicyclic) bond motifs is 2. The molecular formula is C50H46Br2N2+2. The van der Waals surface area contributed by atoms with Crippen LogP contribution in [-0.4, -0.2) is 10.7 Å². The van der Waals surface area contributed by atoms with Crippen LogP contribution in [-0.2, 0) is 13.1 Å². The van der Waals surface area contributed by atoms with Crippen LogP contribution in [0.1, 0.15) is 73.6 Å². The van der Waals surface area contributed by atoms with E-state index in [0.717, 1.165) is 97.4 Å². The predicted molar refractivity (Wildman–Crippen MR) is 233 cm³/mol. The average Bonchev–Trinajstić information content (AvgIpc) is 3.22. The van der Waals surface area contributed by atoms with E-state index < -0.39 is 0 Å². The van der Waals surface area contributed by atoms with E-state index in [2.05, 4.69) is 186 Å². The minimum Gasteiger partial charge on any atom is -0.204 e. The van der Waals surface area contributed by atoms with Crippen LogP contribution in [0.15, 0.2) is 134 Å². The molecule has 6 aromatic rings. The second-order valence-corrected chi connectivity index (χ2v) is 14.3. The molecule has 0 N–H and O–H groups in total. The Kier molecular flexibility index (Phi) is 17.5. The first kappa shape index (κ1) is 40.1. The van der Waals surface area contributed by atoms with Gasteiger partial charge in [-0.25, -0.2) is 9.13 Å². The molecule has 2 heterocycles. The molecule has 0 saturated heterocycles. The summed E-state index contributed by atoms with van der Waals surface area (Å²) in [4.78, 5) is 0. The normalized spacial score (nSPS) is 9.96. The van der Waals surface area contributed by atoms with Crippen LogP contribution in [0.2, 0.25) is 0 Å². The van der Waals surface area contributed by atoms with E-state index in [4.69, 9.17) is 0 Å². The molecule has 0 radical (unpaired) electrons. The van der Waals surface area contributed by atoms with Gasteiger partial charge in [-0.3, -0.25) is 0 Å². The van der Waals surface area contributed by atoms with Crippen LogP contribution in [0.4, 0.5) is 0 Å². The van der Waals surface area contributed by atoms with Crippen molar-refractivity contribution in [1.82, 2.24) is 0 Å². The SMILES string of the molecule is BrCCCC#Cc1ccccc1C#CCCCBr.C(#Cc1ccccc1C#CCCC[n+]1ccc2ccccc2c1)CCC[n+]1ccc2ccccc2c1. The third kappa shape index (κ3) is 13.7. The molecule has 2 aromatic heterocycles. The molecule has 54 heavy (non-hydrogen) atoms. The Balaban J connectivity index is 0.000000263. The van der Waals surface area contributed by atoms with Crippen molar-refractivity contribution in [2.75, 3.05) is 10.7 Å². The van der Waals surface area contributed by atoms with Gasteiger partial charge in [0.1, 0.15) is 13.1 Å². The Hall–Kier alpha value is -5.10. The second kappa shape index (κ2) is 23.5. The van der Waals surface area contributed by atoms with E-state index in [9.17, 15) is 0 Å². The number of aryl methyl sites for hydroxylation is 2. The highest BCUT2D eigenvalue weighted by Crippen LogP contribution is 2.12. The number of aromatic nitrogens is 2. The number of unbranched alkanes of at least 4 members (excludes halogenated alkanes) is 4. The number of benzene rings is 4. The molecule has 0 spiro atoms. The van der Waals surface area contributed by atoms with Gasteiger partial charge in [-0.15, -0.1) is 0 Å². The van der Waals surface area contributed by atoms with Crippen molar-refractivity contribution < 1.29 is 9.13 Å². The molecule has 0 amide bonds. The molecule has 4 aromatic carbocycles. The van der Waals surface area contributed by atoms with Gasteiger partial charge in [0.2, 0.25) is 0 Å². The zero-order valence-corrected chi connectivity index (χ0v) is 34.0. The Morgan fingerprint density at radius 3 is 1.04 bits per heavy atom. The Morgan fingerprint density at radius 2 is 0.685 bits per heavy atom. The summed E-state index contributed by atoms with van der Waals surface area (Å²) in [6.07, 6.45) is 16.5. The van der Waals surface area contributed by atoms with Crippen LogP contribution in [0, 0.1) is 47.4 Å². The van der Waals surface area contributed by atoms with Gasteiger partial charge in [0.15, 0.2) is 24.8 Å². The lowest BCUT2D eigenvalue weighted by Gasteiger charge is -1.98. The minimum atomic E-state index is 0.866. The van der Waals surface area contributed by atoms with Gasteiger partial charge in [0, 0.05) is 94.3 Å². The van der Waals surface area contributed by atoms with Gasteiger partial charge in [-0.05, 0) is 60.0 Å². The summed E-state index contributed by atoms with van der Waals surface area (Å²) in [5.41, 5.74) is 4.12.